The van der Waals surface area contributed by atoms with Gasteiger partial charge in [0.05, 0.1) is 12.2 Å². The van der Waals surface area contributed by atoms with E-state index in [0.29, 0.717) is 24.0 Å². The second-order valence-electron chi connectivity index (χ2n) is 6.20. The molecule has 0 aliphatic carbocycles. The summed E-state index contributed by atoms with van der Waals surface area (Å²) in [6.07, 6.45) is 2.36. The number of hydrogen-bond donors (Lipinski definition) is 1. The number of ether oxygens (including phenoxy) is 3. The monoisotopic (exact) mass is 329 g/mol. The lowest BCUT2D eigenvalue weighted by molar-refractivity contribution is 0.100. The molecule has 0 radical (unpaired) electrons. The molecule has 24 heavy (non-hydrogen) atoms. The molecule has 1 N–H and O–H groups in total. The summed E-state index contributed by atoms with van der Waals surface area (Å²) in [5.74, 6) is 2.37. The van der Waals surface area contributed by atoms with Crippen LogP contribution in [0, 0.1) is 11.7 Å². The fraction of sp³-hybridized carbons (Fsp3) is 0.368. The number of benzene rings is 2. The van der Waals surface area contributed by atoms with Crippen molar-refractivity contribution in [2.24, 2.45) is 5.92 Å². The van der Waals surface area contributed by atoms with Gasteiger partial charge in [-0.15, -0.1) is 0 Å². The first kappa shape index (κ1) is 15.3. The molecular weight excluding hydrogens is 309 g/mol. The predicted molar refractivity (Wildman–Crippen MR) is 89.0 cm³/mol. The summed E-state index contributed by atoms with van der Waals surface area (Å²) in [7, 11) is 0. The highest BCUT2D eigenvalue weighted by molar-refractivity contribution is 5.80. The Bertz CT molecular complexity index is 711. The Morgan fingerprint density at radius 3 is 2.79 bits per heavy atom. The van der Waals surface area contributed by atoms with E-state index in [4.69, 9.17) is 14.2 Å². The molecule has 2 heterocycles. The Morgan fingerprint density at radius 2 is 2.00 bits per heavy atom. The number of piperidine rings is 1. The highest BCUT2D eigenvalue weighted by Crippen LogP contribution is 2.47. The van der Waals surface area contributed by atoms with Crippen LogP contribution < -0.4 is 19.5 Å². The van der Waals surface area contributed by atoms with E-state index in [-0.39, 0.29) is 12.6 Å². The van der Waals surface area contributed by atoms with Crippen LogP contribution in [0.1, 0.15) is 12.8 Å². The van der Waals surface area contributed by atoms with Crippen molar-refractivity contribution in [3.8, 4) is 28.4 Å². The predicted octanol–water partition coefficient (Wildman–Crippen LogP) is 3.60. The number of rotatable bonds is 4. The SMILES string of the molecule is Fc1ccc(-c2c3ccc(OCC4CCCNC4)c2OCO3)cc1. The molecular formula is C19H20FNO3. The fourth-order valence-electron chi connectivity index (χ4n) is 3.24. The maximum Gasteiger partial charge on any atom is 0.231 e. The van der Waals surface area contributed by atoms with E-state index in [0.717, 1.165) is 30.0 Å². The third-order valence-electron chi connectivity index (χ3n) is 4.51. The molecule has 2 aliphatic heterocycles. The number of hydrogen-bond acceptors (Lipinski definition) is 4. The molecule has 2 bridgehead atoms. The smallest absolute Gasteiger partial charge is 0.231 e. The summed E-state index contributed by atoms with van der Waals surface area (Å²) < 4.78 is 30.5. The summed E-state index contributed by atoms with van der Waals surface area (Å²) in [4.78, 5) is 0. The van der Waals surface area contributed by atoms with Crippen LogP contribution in [-0.4, -0.2) is 26.5 Å². The van der Waals surface area contributed by atoms with Crippen molar-refractivity contribution >= 4 is 0 Å². The molecule has 5 heteroatoms. The van der Waals surface area contributed by atoms with Gasteiger partial charge in [-0.3, -0.25) is 0 Å². The highest BCUT2D eigenvalue weighted by atomic mass is 19.1. The minimum absolute atomic E-state index is 0.164. The molecule has 0 saturated carbocycles. The first-order chi connectivity index (χ1) is 11.8. The summed E-state index contributed by atoms with van der Waals surface area (Å²) in [5, 5.41) is 3.40. The molecule has 0 spiro atoms. The van der Waals surface area contributed by atoms with Crippen LogP contribution in [0.5, 0.6) is 17.2 Å². The van der Waals surface area contributed by atoms with Crippen molar-refractivity contribution in [1.82, 2.24) is 5.32 Å². The number of nitrogens with one attached hydrogen (secondary N) is 1. The highest BCUT2D eigenvalue weighted by Gasteiger charge is 2.24. The minimum atomic E-state index is -0.266. The van der Waals surface area contributed by atoms with Gasteiger partial charge >= 0.3 is 0 Å². The van der Waals surface area contributed by atoms with Gasteiger partial charge in [0.25, 0.3) is 0 Å². The zero-order valence-corrected chi connectivity index (χ0v) is 13.4. The van der Waals surface area contributed by atoms with Gasteiger partial charge < -0.3 is 19.5 Å². The molecule has 1 unspecified atom stereocenters. The Morgan fingerprint density at radius 1 is 1.12 bits per heavy atom. The lowest BCUT2D eigenvalue weighted by Crippen LogP contribution is -2.33. The molecule has 2 aliphatic rings. The van der Waals surface area contributed by atoms with Crippen LogP contribution >= 0.6 is 0 Å². The van der Waals surface area contributed by atoms with Crippen molar-refractivity contribution in [3.05, 3.63) is 42.2 Å². The van der Waals surface area contributed by atoms with Crippen LogP contribution in [0.2, 0.25) is 0 Å². The normalized spacial score (nSPS) is 19.3. The van der Waals surface area contributed by atoms with E-state index in [1.54, 1.807) is 12.1 Å². The third-order valence-corrected chi connectivity index (χ3v) is 4.51. The van der Waals surface area contributed by atoms with Gasteiger partial charge in [0.2, 0.25) is 6.79 Å². The first-order valence-corrected chi connectivity index (χ1v) is 8.33. The van der Waals surface area contributed by atoms with E-state index in [9.17, 15) is 4.39 Å². The van der Waals surface area contributed by atoms with Gasteiger partial charge in [-0.05, 0) is 49.2 Å². The Labute approximate surface area is 140 Å². The van der Waals surface area contributed by atoms with Crippen LogP contribution in [0.25, 0.3) is 11.1 Å². The molecule has 0 amide bonds. The Hall–Kier alpha value is -2.27. The van der Waals surface area contributed by atoms with E-state index >= 15 is 0 Å². The van der Waals surface area contributed by atoms with Gasteiger partial charge in [-0.1, -0.05) is 12.1 Å². The van der Waals surface area contributed by atoms with Crippen molar-refractivity contribution in [1.29, 1.82) is 0 Å². The van der Waals surface area contributed by atoms with E-state index in [2.05, 4.69) is 5.32 Å². The number of fused-ring (bicyclic) bond motifs is 2. The molecule has 2 aromatic carbocycles. The van der Waals surface area contributed by atoms with E-state index in [1.165, 1.54) is 25.0 Å². The topological polar surface area (TPSA) is 39.7 Å². The largest absolute Gasteiger partial charge is 0.489 e. The van der Waals surface area contributed by atoms with Crippen LogP contribution in [-0.2, 0) is 0 Å². The second-order valence-corrected chi connectivity index (χ2v) is 6.20. The number of halogens is 1. The Kier molecular flexibility index (Phi) is 4.26. The third kappa shape index (κ3) is 3.04. The first-order valence-electron chi connectivity index (χ1n) is 8.33. The maximum absolute atomic E-state index is 13.2. The quantitative estimate of drug-likeness (QED) is 0.930. The van der Waals surface area contributed by atoms with Gasteiger partial charge in [0, 0.05) is 12.5 Å². The minimum Gasteiger partial charge on any atom is -0.489 e. The summed E-state index contributed by atoms with van der Waals surface area (Å²) in [5.41, 5.74) is 1.67. The molecule has 1 saturated heterocycles. The summed E-state index contributed by atoms with van der Waals surface area (Å²) >= 11 is 0. The van der Waals surface area contributed by atoms with Gasteiger partial charge in [-0.25, -0.2) is 4.39 Å². The van der Waals surface area contributed by atoms with Crippen molar-refractivity contribution in [2.75, 3.05) is 26.5 Å². The second kappa shape index (κ2) is 6.69. The molecule has 0 aromatic heterocycles. The van der Waals surface area contributed by atoms with Gasteiger partial charge in [-0.2, -0.15) is 0 Å². The molecule has 1 fully saturated rings. The zero-order valence-electron chi connectivity index (χ0n) is 13.4. The molecule has 126 valence electrons. The van der Waals surface area contributed by atoms with Crippen LogP contribution in [0.15, 0.2) is 36.4 Å². The maximum atomic E-state index is 13.2. The lowest BCUT2D eigenvalue weighted by atomic mass is 10.0. The zero-order chi connectivity index (χ0) is 16.4. The Balaban J connectivity index is 1.61. The summed E-state index contributed by atoms with van der Waals surface area (Å²) in [6, 6.07) is 10.1. The van der Waals surface area contributed by atoms with Crippen LogP contribution in [0.3, 0.4) is 0 Å². The standard InChI is InChI=1S/C19H20FNO3/c20-15-5-3-14(4-6-15)18-16-7-8-17(19(18)24-12-23-16)22-11-13-2-1-9-21-10-13/h3-8,13,21H,1-2,9-12H2. The molecule has 4 nitrogen and oxygen atoms in total. The van der Waals surface area contributed by atoms with Crippen molar-refractivity contribution in [2.45, 2.75) is 12.8 Å². The van der Waals surface area contributed by atoms with E-state index < -0.39 is 0 Å². The van der Waals surface area contributed by atoms with Crippen molar-refractivity contribution < 1.29 is 18.6 Å². The van der Waals surface area contributed by atoms with Gasteiger partial charge in [0.1, 0.15) is 11.6 Å². The lowest BCUT2D eigenvalue weighted by Gasteiger charge is -2.26. The van der Waals surface area contributed by atoms with Crippen molar-refractivity contribution in [3.63, 3.8) is 0 Å². The molecule has 4 rings (SSSR count). The average Bonchev–Trinajstić information content (AvgIpc) is 2.62. The summed E-state index contributed by atoms with van der Waals surface area (Å²) in [6.45, 7) is 2.90. The van der Waals surface area contributed by atoms with Gasteiger partial charge in [0.15, 0.2) is 11.5 Å². The molecule has 2 aromatic rings. The average molecular weight is 329 g/mol. The fourth-order valence-corrected chi connectivity index (χ4v) is 3.24. The van der Waals surface area contributed by atoms with E-state index in [1.807, 2.05) is 12.1 Å². The molecule has 1 atom stereocenters. The van der Waals surface area contributed by atoms with Crippen LogP contribution in [0.4, 0.5) is 4.39 Å².